The first-order chi connectivity index (χ1) is 13.5. The number of benzene rings is 1. The fourth-order valence-electron chi connectivity index (χ4n) is 2.62. The molecule has 28 heavy (non-hydrogen) atoms. The van der Waals surface area contributed by atoms with Crippen LogP contribution in [0.4, 0.5) is 5.13 Å². The van der Waals surface area contributed by atoms with Gasteiger partial charge in [-0.25, -0.2) is 9.97 Å². The second kappa shape index (κ2) is 9.03. The van der Waals surface area contributed by atoms with E-state index in [1.54, 1.807) is 14.0 Å². The average Bonchev–Trinajstić information content (AvgIpc) is 3.15. The van der Waals surface area contributed by atoms with E-state index in [1.165, 1.54) is 23.1 Å². The number of methoxy groups -OCH3 is 1. The summed E-state index contributed by atoms with van der Waals surface area (Å²) in [5.74, 6) is 0.584. The van der Waals surface area contributed by atoms with E-state index in [0.29, 0.717) is 28.0 Å². The maximum absolute atomic E-state index is 12.3. The third-order valence-corrected chi connectivity index (χ3v) is 5.47. The number of thiazole rings is 1. The predicted molar refractivity (Wildman–Crippen MR) is 112 cm³/mol. The van der Waals surface area contributed by atoms with E-state index in [-0.39, 0.29) is 17.9 Å². The number of aromatic amines is 1. The van der Waals surface area contributed by atoms with Gasteiger partial charge in [0.05, 0.1) is 12.8 Å². The van der Waals surface area contributed by atoms with Crippen molar-refractivity contribution in [2.75, 3.05) is 18.7 Å². The second-order valence-electron chi connectivity index (χ2n) is 5.95. The molecule has 0 spiro atoms. The summed E-state index contributed by atoms with van der Waals surface area (Å²) in [5, 5.41) is 5.78. The Kier molecular flexibility index (Phi) is 6.48. The van der Waals surface area contributed by atoms with Crippen molar-refractivity contribution in [2.24, 2.45) is 0 Å². The van der Waals surface area contributed by atoms with Crippen molar-refractivity contribution in [1.29, 1.82) is 0 Å². The number of carbonyl (C=O) groups excluding carboxylic acids is 1. The van der Waals surface area contributed by atoms with Crippen LogP contribution in [-0.4, -0.2) is 34.2 Å². The number of hydrogen-bond donors (Lipinski definition) is 2. The molecule has 1 aromatic carbocycles. The topological polar surface area (TPSA) is 97.0 Å². The van der Waals surface area contributed by atoms with Crippen LogP contribution >= 0.6 is 23.1 Å². The summed E-state index contributed by atoms with van der Waals surface area (Å²) >= 11 is 2.73. The summed E-state index contributed by atoms with van der Waals surface area (Å²) in [6.07, 6.45) is 2.35. The number of carbonyl (C=O) groups is 1. The Labute approximate surface area is 170 Å². The summed E-state index contributed by atoms with van der Waals surface area (Å²) in [4.78, 5) is 35.9. The summed E-state index contributed by atoms with van der Waals surface area (Å²) in [5.41, 5.74) is 2.72. The van der Waals surface area contributed by atoms with Gasteiger partial charge in [0.25, 0.3) is 5.56 Å². The highest BCUT2D eigenvalue weighted by atomic mass is 32.2. The monoisotopic (exact) mass is 416 g/mol. The molecule has 2 aromatic heterocycles. The molecule has 0 saturated heterocycles. The Morgan fingerprint density at radius 3 is 2.68 bits per heavy atom. The van der Waals surface area contributed by atoms with Crippen molar-refractivity contribution in [1.82, 2.24) is 15.0 Å². The molecule has 0 atom stereocenters. The molecule has 7 nitrogen and oxygen atoms in total. The molecular weight excluding hydrogens is 396 g/mol. The second-order valence-corrected chi connectivity index (χ2v) is 7.61. The van der Waals surface area contributed by atoms with Gasteiger partial charge < -0.3 is 15.0 Å². The molecule has 2 heterocycles. The maximum atomic E-state index is 12.3. The van der Waals surface area contributed by atoms with Crippen LogP contribution in [0.3, 0.4) is 0 Å². The molecule has 3 rings (SSSR count). The molecule has 0 unspecified atom stereocenters. The van der Waals surface area contributed by atoms with Crippen LogP contribution in [0.25, 0.3) is 11.3 Å². The van der Waals surface area contributed by atoms with Crippen molar-refractivity contribution in [3.8, 4) is 17.0 Å². The highest BCUT2D eigenvalue weighted by molar-refractivity contribution is 7.98. The van der Waals surface area contributed by atoms with Crippen LogP contribution in [0.5, 0.6) is 5.75 Å². The summed E-state index contributed by atoms with van der Waals surface area (Å²) < 4.78 is 5.15. The lowest BCUT2D eigenvalue weighted by Crippen LogP contribution is -2.20. The van der Waals surface area contributed by atoms with E-state index in [1.807, 2.05) is 35.9 Å². The van der Waals surface area contributed by atoms with Crippen LogP contribution < -0.4 is 15.6 Å². The molecule has 2 N–H and O–H groups in total. The first kappa shape index (κ1) is 20.1. The Balaban J connectivity index is 1.61. The normalized spacial score (nSPS) is 10.7. The van der Waals surface area contributed by atoms with Crippen molar-refractivity contribution < 1.29 is 9.53 Å². The van der Waals surface area contributed by atoms with Crippen LogP contribution in [0, 0.1) is 6.92 Å². The van der Waals surface area contributed by atoms with Crippen molar-refractivity contribution in [3.05, 3.63) is 51.3 Å². The standard InChI is InChI=1S/C19H20N4O3S2/c1-11-14(17(25)23-18(20-11)27-3)8-9-16(24)22-19-21-15(10-28-19)12-4-6-13(26-2)7-5-12/h4-7,10H,8-9H2,1-3H3,(H,20,23,25)(H,21,22,24). The smallest absolute Gasteiger partial charge is 0.254 e. The number of thioether (sulfide) groups is 1. The van der Waals surface area contributed by atoms with E-state index in [4.69, 9.17) is 4.74 Å². The average molecular weight is 417 g/mol. The molecule has 9 heteroatoms. The number of H-pyrrole nitrogens is 1. The number of aromatic nitrogens is 3. The van der Waals surface area contributed by atoms with Gasteiger partial charge in [0.1, 0.15) is 5.75 Å². The molecule has 3 aromatic rings. The molecular formula is C19H20N4O3S2. The van der Waals surface area contributed by atoms with E-state index < -0.39 is 0 Å². The molecule has 1 amide bonds. The van der Waals surface area contributed by atoms with E-state index in [9.17, 15) is 9.59 Å². The Bertz CT molecular complexity index is 1030. The van der Waals surface area contributed by atoms with Gasteiger partial charge in [-0.1, -0.05) is 11.8 Å². The number of aryl methyl sites for hydroxylation is 1. The largest absolute Gasteiger partial charge is 0.497 e. The van der Waals surface area contributed by atoms with Crippen molar-refractivity contribution in [3.63, 3.8) is 0 Å². The molecule has 0 aliphatic rings. The number of amides is 1. The van der Waals surface area contributed by atoms with Gasteiger partial charge in [-0.05, 0) is 43.9 Å². The highest BCUT2D eigenvalue weighted by Crippen LogP contribution is 2.26. The molecule has 0 aliphatic carbocycles. The first-order valence-electron chi connectivity index (χ1n) is 8.53. The lowest BCUT2D eigenvalue weighted by Gasteiger charge is -2.06. The fraction of sp³-hybridized carbons (Fsp3) is 0.263. The summed E-state index contributed by atoms with van der Waals surface area (Å²) in [6.45, 7) is 1.78. The van der Waals surface area contributed by atoms with Gasteiger partial charge in [0.2, 0.25) is 5.91 Å². The van der Waals surface area contributed by atoms with Crippen LogP contribution in [0.1, 0.15) is 17.7 Å². The fourth-order valence-corrected chi connectivity index (χ4v) is 3.78. The minimum Gasteiger partial charge on any atom is -0.497 e. The predicted octanol–water partition coefficient (Wildman–Crippen LogP) is 3.50. The molecule has 0 aliphatic heterocycles. The first-order valence-corrected chi connectivity index (χ1v) is 10.6. The zero-order valence-corrected chi connectivity index (χ0v) is 17.4. The maximum Gasteiger partial charge on any atom is 0.254 e. The van der Waals surface area contributed by atoms with E-state index in [0.717, 1.165) is 17.0 Å². The van der Waals surface area contributed by atoms with Gasteiger partial charge in [0.15, 0.2) is 10.3 Å². The number of anilines is 1. The SMILES string of the molecule is COc1ccc(-c2csc(NC(=O)CCc3c(C)nc(SC)[nH]c3=O)n2)cc1. The lowest BCUT2D eigenvalue weighted by atomic mass is 10.1. The van der Waals surface area contributed by atoms with Gasteiger partial charge in [0, 0.05) is 28.6 Å². The van der Waals surface area contributed by atoms with Gasteiger partial charge in [-0.3, -0.25) is 9.59 Å². The third-order valence-electron chi connectivity index (χ3n) is 4.13. The molecule has 0 saturated carbocycles. The number of hydrogen-bond acceptors (Lipinski definition) is 7. The Morgan fingerprint density at radius 1 is 1.29 bits per heavy atom. The van der Waals surface area contributed by atoms with Gasteiger partial charge >= 0.3 is 0 Å². The summed E-state index contributed by atoms with van der Waals surface area (Å²) in [7, 11) is 1.62. The molecule has 146 valence electrons. The number of nitrogens with one attached hydrogen (secondary N) is 2. The zero-order valence-electron chi connectivity index (χ0n) is 15.7. The summed E-state index contributed by atoms with van der Waals surface area (Å²) in [6, 6.07) is 7.56. The minimum atomic E-state index is -0.194. The van der Waals surface area contributed by atoms with Gasteiger partial charge in [-0.15, -0.1) is 11.3 Å². The molecule has 0 radical (unpaired) electrons. The van der Waals surface area contributed by atoms with Crippen LogP contribution in [0.2, 0.25) is 0 Å². The van der Waals surface area contributed by atoms with Crippen LogP contribution in [-0.2, 0) is 11.2 Å². The Hall–Kier alpha value is -2.65. The van der Waals surface area contributed by atoms with Gasteiger partial charge in [-0.2, -0.15) is 0 Å². The van der Waals surface area contributed by atoms with Crippen LogP contribution in [0.15, 0.2) is 39.6 Å². The zero-order chi connectivity index (χ0) is 20.1. The number of ether oxygens (including phenoxy) is 1. The van der Waals surface area contributed by atoms with E-state index in [2.05, 4.69) is 20.3 Å². The molecule has 0 fully saturated rings. The quantitative estimate of drug-likeness (QED) is 0.452. The third kappa shape index (κ3) is 4.79. The number of nitrogens with zero attached hydrogens (tertiary/aromatic N) is 2. The van der Waals surface area contributed by atoms with Crippen molar-refractivity contribution >= 4 is 34.1 Å². The van der Waals surface area contributed by atoms with E-state index >= 15 is 0 Å². The highest BCUT2D eigenvalue weighted by Gasteiger charge is 2.12. The lowest BCUT2D eigenvalue weighted by molar-refractivity contribution is -0.116. The molecule has 0 bridgehead atoms. The Morgan fingerprint density at radius 2 is 2.04 bits per heavy atom. The van der Waals surface area contributed by atoms with Crippen molar-refractivity contribution in [2.45, 2.75) is 24.9 Å². The number of rotatable bonds is 7. The minimum absolute atomic E-state index is 0.182.